The van der Waals surface area contributed by atoms with Crippen molar-refractivity contribution in [2.24, 2.45) is 0 Å². The van der Waals surface area contributed by atoms with Gasteiger partial charge in [-0.2, -0.15) is 0 Å². The summed E-state index contributed by atoms with van der Waals surface area (Å²) in [7, 11) is -4.10. The maximum Gasteiger partial charge on any atom is 0.341 e. The molecule has 0 aliphatic rings. The van der Waals surface area contributed by atoms with Crippen LogP contribution >= 0.6 is 11.6 Å². The van der Waals surface area contributed by atoms with E-state index in [9.17, 15) is 18.0 Å². The van der Waals surface area contributed by atoms with Gasteiger partial charge in [0.05, 0.1) is 15.6 Å². The van der Waals surface area contributed by atoms with Crippen LogP contribution in [0, 0.1) is 13.8 Å². The minimum atomic E-state index is -4.10. The number of ether oxygens (including phenoxy) is 1. The second-order valence-corrected chi connectivity index (χ2v) is 9.00. The lowest BCUT2D eigenvalue weighted by molar-refractivity contribution is -0.139. The number of hydrogen-bond donors (Lipinski definition) is 3. The summed E-state index contributed by atoms with van der Waals surface area (Å²) in [6, 6.07) is 7.10. The van der Waals surface area contributed by atoms with Crippen molar-refractivity contribution < 1.29 is 27.9 Å². The van der Waals surface area contributed by atoms with Crippen LogP contribution in [-0.2, 0) is 14.8 Å². The van der Waals surface area contributed by atoms with Gasteiger partial charge in [0.2, 0.25) is 0 Å². The molecule has 0 aliphatic heterocycles. The molecule has 0 atom stereocenters. The maximum atomic E-state index is 13.0. The fourth-order valence-electron chi connectivity index (χ4n) is 2.75. The molecule has 2 aromatic rings. The molecule has 2 aromatic carbocycles. The number of aryl methyl sites for hydroxylation is 1. The Bertz CT molecular complexity index is 1080. The summed E-state index contributed by atoms with van der Waals surface area (Å²) in [4.78, 5) is 22.9. The highest BCUT2D eigenvalue weighted by atomic mass is 35.5. The lowest BCUT2D eigenvalue weighted by atomic mass is 10.1. The Balaban J connectivity index is 2.41. The van der Waals surface area contributed by atoms with Crippen LogP contribution in [0.3, 0.4) is 0 Å². The quantitative estimate of drug-likeness (QED) is 0.562. The number of aliphatic carboxylic acids is 1. The Hall–Kier alpha value is -2.78. The summed E-state index contributed by atoms with van der Waals surface area (Å²) in [6.07, 6.45) is 0. The van der Waals surface area contributed by atoms with Gasteiger partial charge < -0.3 is 15.2 Å². The second kappa shape index (κ2) is 9.36. The van der Waals surface area contributed by atoms with Crippen LogP contribution in [0.5, 0.6) is 5.75 Å². The fourth-order valence-corrected chi connectivity index (χ4v) is 4.28. The topological polar surface area (TPSA) is 122 Å². The molecular weight excluding hydrogens is 432 g/mol. The number of amides is 1. The molecule has 0 saturated carbocycles. The SMILES string of the molecule is Cc1ccc(S(=O)(=O)Nc2cc(C(=O)NC(C)C)ccc2Cl)c(C)c1OCC(=O)O. The van der Waals surface area contributed by atoms with Crippen molar-refractivity contribution in [2.45, 2.75) is 38.6 Å². The Kier molecular flexibility index (Phi) is 7.33. The number of halogens is 1. The van der Waals surface area contributed by atoms with Crippen molar-refractivity contribution in [3.8, 4) is 5.75 Å². The average molecular weight is 455 g/mol. The number of sulfonamides is 1. The smallest absolute Gasteiger partial charge is 0.341 e. The molecule has 1 amide bonds. The van der Waals surface area contributed by atoms with Crippen molar-refractivity contribution >= 4 is 39.2 Å². The van der Waals surface area contributed by atoms with Gasteiger partial charge >= 0.3 is 5.97 Å². The molecule has 8 nitrogen and oxygen atoms in total. The van der Waals surface area contributed by atoms with Crippen LogP contribution in [0.4, 0.5) is 5.69 Å². The van der Waals surface area contributed by atoms with Crippen LogP contribution in [-0.4, -0.2) is 38.0 Å². The van der Waals surface area contributed by atoms with Crippen LogP contribution in [0.1, 0.15) is 35.3 Å². The third kappa shape index (κ3) is 5.64. The summed E-state index contributed by atoms with van der Waals surface area (Å²) in [5.74, 6) is -1.36. The second-order valence-electron chi connectivity index (χ2n) is 6.95. The molecule has 0 saturated heterocycles. The van der Waals surface area contributed by atoms with Crippen molar-refractivity contribution in [1.29, 1.82) is 0 Å². The lowest BCUT2D eigenvalue weighted by Crippen LogP contribution is -2.30. The van der Waals surface area contributed by atoms with E-state index in [1.165, 1.54) is 37.3 Å². The number of carboxylic acids is 1. The van der Waals surface area contributed by atoms with E-state index < -0.39 is 22.6 Å². The number of carbonyl (C=O) groups excluding carboxylic acids is 1. The van der Waals surface area contributed by atoms with Crippen molar-refractivity contribution in [1.82, 2.24) is 5.32 Å². The average Bonchev–Trinajstić information content (AvgIpc) is 2.62. The van der Waals surface area contributed by atoms with E-state index in [-0.39, 0.29) is 44.4 Å². The Morgan fingerprint density at radius 1 is 1.17 bits per heavy atom. The highest BCUT2D eigenvalue weighted by Gasteiger charge is 2.22. The van der Waals surface area contributed by atoms with E-state index in [1.807, 2.05) is 13.8 Å². The fraction of sp³-hybridized carbons (Fsp3) is 0.300. The maximum absolute atomic E-state index is 13.0. The van der Waals surface area contributed by atoms with Crippen molar-refractivity contribution in [3.05, 3.63) is 52.0 Å². The number of rotatable bonds is 8. The number of carboxylic acid groups (broad SMARTS) is 1. The summed E-state index contributed by atoms with van der Waals surface area (Å²) >= 11 is 6.13. The van der Waals surface area contributed by atoms with E-state index in [2.05, 4.69) is 10.0 Å². The minimum absolute atomic E-state index is 0.0426. The van der Waals surface area contributed by atoms with E-state index in [1.54, 1.807) is 6.92 Å². The molecule has 0 aliphatic carbocycles. The Morgan fingerprint density at radius 3 is 2.43 bits per heavy atom. The number of hydrogen-bond acceptors (Lipinski definition) is 5. The molecule has 0 heterocycles. The van der Waals surface area contributed by atoms with E-state index in [4.69, 9.17) is 21.4 Å². The van der Waals surface area contributed by atoms with Crippen LogP contribution in [0.15, 0.2) is 35.2 Å². The summed E-state index contributed by atoms with van der Waals surface area (Å²) in [5, 5.41) is 11.7. The lowest BCUT2D eigenvalue weighted by Gasteiger charge is -2.16. The molecule has 30 heavy (non-hydrogen) atoms. The first-order chi connectivity index (χ1) is 13.9. The van der Waals surface area contributed by atoms with Gasteiger partial charge in [-0.15, -0.1) is 0 Å². The number of carbonyl (C=O) groups is 2. The van der Waals surface area contributed by atoms with Crippen molar-refractivity contribution in [2.75, 3.05) is 11.3 Å². The van der Waals surface area contributed by atoms with Crippen LogP contribution < -0.4 is 14.8 Å². The zero-order valence-electron chi connectivity index (χ0n) is 16.9. The Labute approximate surface area is 180 Å². The zero-order valence-corrected chi connectivity index (χ0v) is 18.5. The Morgan fingerprint density at radius 2 is 1.83 bits per heavy atom. The first kappa shape index (κ1) is 23.5. The first-order valence-corrected chi connectivity index (χ1v) is 10.9. The number of benzene rings is 2. The summed E-state index contributed by atoms with van der Waals surface area (Å²) in [5.41, 5.74) is 1.14. The highest BCUT2D eigenvalue weighted by molar-refractivity contribution is 7.92. The highest BCUT2D eigenvalue weighted by Crippen LogP contribution is 2.32. The van der Waals surface area contributed by atoms with Gasteiger partial charge in [0.15, 0.2) is 6.61 Å². The van der Waals surface area contributed by atoms with Gasteiger partial charge in [-0.05, 0) is 57.5 Å². The van der Waals surface area contributed by atoms with E-state index >= 15 is 0 Å². The number of anilines is 1. The van der Waals surface area contributed by atoms with Gasteiger partial charge in [0.1, 0.15) is 5.75 Å². The predicted molar refractivity (Wildman–Crippen MR) is 114 cm³/mol. The molecule has 0 aromatic heterocycles. The van der Waals surface area contributed by atoms with Gasteiger partial charge in [-0.25, -0.2) is 13.2 Å². The molecule has 0 radical (unpaired) electrons. The molecule has 0 fully saturated rings. The number of nitrogens with one attached hydrogen (secondary N) is 2. The normalized spacial score (nSPS) is 11.3. The molecular formula is C20H23ClN2O6S. The van der Waals surface area contributed by atoms with Gasteiger partial charge in [-0.3, -0.25) is 9.52 Å². The van der Waals surface area contributed by atoms with Gasteiger partial charge in [0, 0.05) is 17.2 Å². The first-order valence-electron chi connectivity index (χ1n) is 9.00. The van der Waals surface area contributed by atoms with Crippen LogP contribution in [0.2, 0.25) is 5.02 Å². The van der Waals surface area contributed by atoms with Gasteiger partial charge in [-0.1, -0.05) is 17.7 Å². The molecule has 3 N–H and O–H groups in total. The predicted octanol–water partition coefficient (Wildman–Crippen LogP) is 3.36. The summed E-state index contributed by atoms with van der Waals surface area (Å²) in [6.45, 7) is 6.22. The third-order valence-electron chi connectivity index (χ3n) is 4.08. The molecule has 162 valence electrons. The van der Waals surface area contributed by atoms with Crippen molar-refractivity contribution in [3.63, 3.8) is 0 Å². The molecule has 0 unspecified atom stereocenters. The van der Waals surface area contributed by atoms with E-state index in [0.29, 0.717) is 5.56 Å². The summed E-state index contributed by atoms with van der Waals surface area (Å²) < 4.78 is 33.6. The van der Waals surface area contributed by atoms with Gasteiger partial charge in [0.25, 0.3) is 15.9 Å². The molecule has 0 bridgehead atoms. The monoisotopic (exact) mass is 454 g/mol. The molecule has 0 spiro atoms. The molecule has 2 rings (SSSR count). The van der Waals surface area contributed by atoms with E-state index in [0.717, 1.165) is 0 Å². The zero-order chi connectivity index (χ0) is 22.6. The standard InChI is InChI=1S/C20H23ClN2O6S/c1-11(2)22-20(26)14-6-7-15(21)16(9-14)23-30(27,28)17-8-5-12(3)19(13(17)4)29-10-18(24)25/h5-9,11,23H,10H2,1-4H3,(H,22,26)(H,24,25). The third-order valence-corrected chi connectivity index (χ3v) is 5.91. The van der Waals surface area contributed by atoms with Crippen LogP contribution in [0.25, 0.3) is 0 Å². The minimum Gasteiger partial charge on any atom is -0.481 e. The largest absolute Gasteiger partial charge is 0.481 e. The molecule has 10 heteroatoms.